The lowest BCUT2D eigenvalue weighted by Gasteiger charge is -2.62. The van der Waals surface area contributed by atoms with Gasteiger partial charge in [0.15, 0.2) is 0 Å². The summed E-state index contributed by atoms with van der Waals surface area (Å²) in [5.41, 5.74) is -1.23. The molecule has 58 heavy (non-hydrogen) atoms. The first-order chi connectivity index (χ1) is 27.8. The van der Waals surface area contributed by atoms with Crippen LogP contribution in [0.3, 0.4) is 0 Å². The largest absolute Gasteiger partial charge is 0.668 e. The van der Waals surface area contributed by atoms with E-state index in [0.29, 0.717) is 47.3 Å². The Bertz CT molecular complexity index is 1860. The van der Waals surface area contributed by atoms with E-state index in [9.17, 15) is 4.57 Å². The molecule has 11 nitrogen and oxygen atoms in total. The van der Waals surface area contributed by atoms with Crippen molar-refractivity contribution in [2.45, 2.75) is 159 Å². The number of ether oxygens (including phenoxy) is 2. The first-order valence-electron chi connectivity index (χ1n) is 22.2. The van der Waals surface area contributed by atoms with Gasteiger partial charge < -0.3 is 18.5 Å². The zero-order valence-electron chi connectivity index (χ0n) is 35.0. The summed E-state index contributed by atoms with van der Waals surface area (Å²) in [6, 6.07) is 17.9. The summed E-state index contributed by atoms with van der Waals surface area (Å²) in [6.07, 6.45) is 9.24. The zero-order chi connectivity index (χ0) is 40.1. The Balaban J connectivity index is 1.03. The Morgan fingerprint density at radius 1 is 0.655 bits per heavy atom. The Kier molecular flexibility index (Phi) is 9.95. The molecule has 6 aliphatic heterocycles. The van der Waals surface area contributed by atoms with Crippen molar-refractivity contribution < 1.29 is 47.3 Å². The molecule has 6 heterocycles. The molecule has 0 radical (unpaired) electrons. The summed E-state index contributed by atoms with van der Waals surface area (Å²) in [4.78, 5) is 25.9. The molecule has 6 saturated heterocycles. The van der Waals surface area contributed by atoms with E-state index >= 15 is 0 Å². The van der Waals surface area contributed by atoms with Crippen LogP contribution in [0.5, 0.6) is 11.5 Å². The lowest BCUT2D eigenvalue weighted by atomic mass is 9.55. The summed E-state index contributed by atoms with van der Waals surface area (Å²) >= 11 is 0. The van der Waals surface area contributed by atoms with Gasteiger partial charge in [0, 0.05) is 19.3 Å². The maximum absolute atomic E-state index is 14.8. The second-order valence-electron chi connectivity index (χ2n) is 20.0. The molecular weight excluding hydrogens is 757 g/mol. The molecule has 2 spiro atoms. The van der Waals surface area contributed by atoms with Crippen LogP contribution in [0, 0.1) is 47.3 Å². The third kappa shape index (κ3) is 6.42. The number of phosphoric ester groups is 1. The number of hydrogen-bond donors (Lipinski definition) is 0. The molecule has 0 aromatic heterocycles. The summed E-state index contributed by atoms with van der Waals surface area (Å²) in [7, 11) is -4.38. The highest BCUT2D eigenvalue weighted by Gasteiger charge is 2.70. The topological polar surface area (TPSA) is 113 Å². The SMILES string of the molecule is C[C@H]1[C@@H](/C(C[C@H]2O[C@@H]3C[C@]4(C)CC[C@H]5[C@H](C)CC[C@@H]([C@H]2C)[C@@]35OO4)=N\OP(=O)(Oc2ccccc2)Oc2ccccc2)O[C@@H]2C[C@]3(C)CC[C@H]4[C@H](C)CC[C@@H]1[C@@]24OO3. The van der Waals surface area contributed by atoms with Crippen LogP contribution in [0.25, 0.3) is 0 Å². The highest BCUT2D eigenvalue weighted by molar-refractivity contribution is 7.49. The maximum Gasteiger partial charge on any atom is 0.668 e. The fraction of sp³-hybridized carbons (Fsp3) is 0.717. The Morgan fingerprint density at radius 3 is 1.69 bits per heavy atom. The molecule has 0 unspecified atom stereocenters. The van der Waals surface area contributed by atoms with Crippen molar-refractivity contribution in [2.24, 2.45) is 52.5 Å². The predicted octanol–water partition coefficient (Wildman–Crippen LogP) is 10.4. The monoisotopic (exact) mass is 819 g/mol. The van der Waals surface area contributed by atoms with E-state index in [1.54, 1.807) is 24.3 Å². The van der Waals surface area contributed by atoms with Crippen LogP contribution in [0.1, 0.15) is 112 Å². The van der Waals surface area contributed by atoms with Crippen LogP contribution in [0.2, 0.25) is 0 Å². The third-order valence-corrected chi connectivity index (χ3v) is 17.6. The average Bonchev–Trinajstić information content (AvgIpc) is 3.58. The number of para-hydroxylation sites is 2. The number of hydrogen-bond acceptors (Lipinski definition) is 11. The third-order valence-electron chi connectivity index (χ3n) is 16.4. The van der Waals surface area contributed by atoms with Crippen molar-refractivity contribution in [3.63, 3.8) is 0 Å². The summed E-state index contributed by atoms with van der Waals surface area (Å²) in [5, 5.41) is 4.89. The summed E-state index contributed by atoms with van der Waals surface area (Å²) in [6.45, 7) is 13.6. The predicted molar refractivity (Wildman–Crippen MR) is 216 cm³/mol. The minimum Gasteiger partial charge on any atom is -0.385 e. The van der Waals surface area contributed by atoms with Gasteiger partial charge in [-0.25, -0.2) is 19.6 Å². The Morgan fingerprint density at radius 2 is 1.16 bits per heavy atom. The van der Waals surface area contributed by atoms with Gasteiger partial charge in [-0.15, -0.1) is 0 Å². The van der Waals surface area contributed by atoms with E-state index in [0.717, 1.165) is 64.2 Å². The van der Waals surface area contributed by atoms with Gasteiger partial charge >= 0.3 is 7.82 Å². The molecule has 4 saturated carbocycles. The Labute approximate surface area is 343 Å². The average molecular weight is 820 g/mol. The molecule has 10 fully saturated rings. The lowest BCUT2D eigenvalue weighted by Crippen LogP contribution is -2.71. The van der Waals surface area contributed by atoms with Crippen molar-refractivity contribution in [2.75, 3.05) is 0 Å². The molecule has 12 heteroatoms. The fourth-order valence-corrected chi connectivity index (χ4v) is 14.5. The molecule has 0 amide bonds. The van der Waals surface area contributed by atoms with Gasteiger partial charge in [0.05, 0.1) is 24.0 Å². The van der Waals surface area contributed by atoms with Gasteiger partial charge in [-0.2, -0.15) is 4.57 Å². The molecule has 10 aliphatic rings. The van der Waals surface area contributed by atoms with Crippen LogP contribution in [-0.2, 0) is 38.2 Å². The molecule has 2 aromatic carbocycles. The van der Waals surface area contributed by atoms with Crippen molar-refractivity contribution >= 4 is 13.5 Å². The second-order valence-corrected chi connectivity index (χ2v) is 21.4. The van der Waals surface area contributed by atoms with Crippen molar-refractivity contribution in [3.05, 3.63) is 60.7 Å². The molecule has 16 atom stereocenters. The zero-order valence-corrected chi connectivity index (χ0v) is 35.9. The van der Waals surface area contributed by atoms with Gasteiger partial charge in [-0.1, -0.05) is 69.2 Å². The van der Waals surface area contributed by atoms with Gasteiger partial charge in [-0.3, -0.25) is 4.62 Å². The number of rotatable bonds is 9. The number of oxime groups is 1. The molecule has 2 aromatic rings. The molecule has 4 aliphatic carbocycles. The minimum atomic E-state index is -4.38. The highest BCUT2D eigenvalue weighted by atomic mass is 31.2. The molecule has 12 rings (SSSR count). The van der Waals surface area contributed by atoms with Gasteiger partial charge in [0.25, 0.3) is 0 Å². The number of fused-ring (bicyclic) bond motifs is 4. The van der Waals surface area contributed by atoms with Crippen LogP contribution in [0.15, 0.2) is 65.8 Å². The van der Waals surface area contributed by atoms with E-state index < -0.39 is 36.3 Å². The van der Waals surface area contributed by atoms with Gasteiger partial charge in [0.1, 0.15) is 40.0 Å². The Hall–Kier alpha value is -2.50. The van der Waals surface area contributed by atoms with Crippen molar-refractivity contribution in [1.82, 2.24) is 0 Å². The molecule has 316 valence electrons. The standard InChI is InChI=1S/C46H62NO10P/c1-28-17-19-36-30(3)39(49-40-26-43(5)23-21-34(28)45(36,40)55-53-43)25-38(47-57-58(48,51-32-13-9-7-10-14-32)52-33-15-11-8-12-16-33)42-31(4)37-20-18-29(2)35-22-24-44(6)27-41(50-42)46(35,37)56-54-44/h7-16,28-31,34-37,39-42H,17-27H2,1-6H3/b47-38-/t28-,29-,30-,31-,34+,35+,36+,37+,39-,40-,41-,42+,43+,44+,45-,46-/m1/s1. The maximum atomic E-state index is 14.8. The van der Waals surface area contributed by atoms with Gasteiger partial charge in [-0.05, 0) is 137 Å². The molecular formula is C46H62NO10P. The van der Waals surface area contributed by atoms with E-state index in [4.69, 9.17) is 47.9 Å². The summed E-state index contributed by atoms with van der Waals surface area (Å²) in [5.74, 6) is 2.92. The number of phosphoric acid groups is 1. The number of benzene rings is 2. The summed E-state index contributed by atoms with van der Waals surface area (Å²) < 4.78 is 47.9. The van der Waals surface area contributed by atoms with Crippen LogP contribution >= 0.6 is 7.82 Å². The fourth-order valence-electron chi connectivity index (χ4n) is 13.4. The van der Waals surface area contributed by atoms with E-state index in [1.807, 2.05) is 36.4 Å². The van der Waals surface area contributed by atoms with Crippen molar-refractivity contribution in [1.29, 1.82) is 0 Å². The van der Waals surface area contributed by atoms with Crippen LogP contribution in [-0.4, -0.2) is 52.5 Å². The first kappa shape index (κ1) is 39.6. The lowest BCUT2D eigenvalue weighted by molar-refractivity contribution is -0.487. The highest BCUT2D eigenvalue weighted by Crippen LogP contribution is 2.64. The van der Waals surface area contributed by atoms with Gasteiger partial charge in [0.2, 0.25) is 0 Å². The van der Waals surface area contributed by atoms with Crippen molar-refractivity contribution in [3.8, 4) is 11.5 Å². The second kappa shape index (κ2) is 14.6. The van der Waals surface area contributed by atoms with E-state index in [-0.39, 0.29) is 42.0 Å². The normalized spacial score (nSPS) is 46.9. The minimum absolute atomic E-state index is 0.0150. The molecule has 4 bridgehead atoms. The quantitative estimate of drug-likeness (QED) is 0.105. The van der Waals surface area contributed by atoms with E-state index in [2.05, 4.69) is 41.5 Å². The van der Waals surface area contributed by atoms with E-state index in [1.165, 1.54) is 0 Å². The number of nitrogens with zero attached hydrogens (tertiary/aromatic N) is 1. The molecule has 0 N–H and O–H groups in total. The van der Waals surface area contributed by atoms with Crippen LogP contribution < -0.4 is 9.05 Å². The van der Waals surface area contributed by atoms with Crippen LogP contribution in [0.4, 0.5) is 0 Å². The first-order valence-corrected chi connectivity index (χ1v) is 23.7. The smallest absolute Gasteiger partial charge is 0.385 e.